The maximum absolute atomic E-state index is 8.92. The number of aromatic nitrogens is 2. The van der Waals surface area contributed by atoms with E-state index in [1.807, 2.05) is 12.1 Å². The van der Waals surface area contributed by atoms with E-state index >= 15 is 0 Å². The van der Waals surface area contributed by atoms with E-state index in [2.05, 4.69) is 39.4 Å². The fraction of sp³-hybridized carbons (Fsp3) is 0.231. The SMILES string of the molecule is OCc1ccc(N2Cc3ccccc3C2)nn1. The minimum Gasteiger partial charge on any atom is -0.390 e. The van der Waals surface area contributed by atoms with Gasteiger partial charge in [-0.3, -0.25) is 0 Å². The van der Waals surface area contributed by atoms with E-state index in [1.165, 1.54) is 11.1 Å². The van der Waals surface area contributed by atoms with Crippen LogP contribution in [0.4, 0.5) is 5.82 Å². The Morgan fingerprint density at radius 1 is 1.00 bits per heavy atom. The van der Waals surface area contributed by atoms with Crippen LogP contribution >= 0.6 is 0 Å². The molecule has 0 saturated carbocycles. The number of benzene rings is 1. The summed E-state index contributed by atoms with van der Waals surface area (Å²) in [6, 6.07) is 12.1. The van der Waals surface area contributed by atoms with Gasteiger partial charge in [0.15, 0.2) is 5.82 Å². The summed E-state index contributed by atoms with van der Waals surface area (Å²) in [6.07, 6.45) is 0. The largest absolute Gasteiger partial charge is 0.390 e. The minimum atomic E-state index is -0.0620. The molecule has 0 radical (unpaired) electrons. The van der Waals surface area contributed by atoms with E-state index < -0.39 is 0 Å². The van der Waals surface area contributed by atoms with Crippen LogP contribution < -0.4 is 4.90 Å². The first-order valence-corrected chi connectivity index (χ1v) is 5.62. The average Bonchev–Trinajstić information content (AvgIpc) is 2.82. The lowest BCUT2D eigenvalue weighted by molar-refractivity contribution is 0.275. The average molecular weight is 227 g/mol. The third kappa shape index (κ3) is 1.87. The topological polar surface area (TPSA) is 49.2 Å². The number of fused-ring (bicyclic) bond motifs is 1. The quantitative estimate of drug-likeness (QED) is 0.844. The van der Waals surface area contributed by atoms with Crippen molar-refractivity contribution in [3.05, 3.63) is 53.2 Å². The smallest absolute Gasteiger partial charge is 0.151 e. The zero-order valence-corrected chi connectivity index (χ0v) is 9.37. The molecule has 1 aliphatic rings. The Bertz CT molecular complexity index is 499. The fourth-order valence-corrected chi connectivity index (χ4v) is 2.10. The van der Waals surface area contributed by atoms with Gasteiger partial charge >= 0.3 is 0 Å². The molecule has 1 aromatic carbocycles. The number of nitrogens with zero attached hydrogens (tertiary/aromatic N) is 3. The van der Waals surface area contributed by atoms with Gasteiger partial charge in [0.05, 0.1) is 12.3 Å². The summed E-state index contributed by atoms with van der Waals surface area (Å²) in [7, 11) is 0. The summed E-state index contributed by atoms with van der Waals surface area (Å²) in [5.41, 5.74) is 3.30. The number of anilines is 1. The predicted octanol–water partition coefficient (Wildman–Crippen LogP) is 1.49. The summed E-state index contributed by atoms with van der Waals surface area (Å²) in [5.74, 6) is 0.860. The lowest BCUT2D eigenvalue weighted by Gasteiger charge is -2.15. The van der Waals surface area contributed by atoms with Gasteiger partial charge in [-0.2, -0.15) is 5.10 Å². The highest BCUT2D eigenvalue weighted by molar-refractivity contribution is 5.46. The van der Waals surface area contributed by atoms with Crippen molar-refractivity contribution >= 4 is 5.82 Å². The second kappa shape index (κ2) is 4.14. The minimum absolute atomic E-state index is 0.0620. The molecule has 0 saturated heterocycles. The number of aliphatic hydroxyl groups is 1. The lowest BCUT2D eigenvalue weighted by Crippen LogP contribution is -2.16. The fourth-order valence-electron chi connectivity index (χ4n) is 2.10. The van der Waals surface area contributed by atoms with Gasteiger partial charge in [-0.15, -0.1) is 5.10 Å². The van der Waals surface area contributed by atoms with Gasteiger partial charge in [0.1, 0.15) is 0 Å². The molecule has 1 N–H and O–H groups in total. The molecule has 0 amide bonds. The Balaban J connectivity index is 1.83. The van der Waals surface area contributed by atoms with E-state index in [1.54, 1.807) is 0 Å². The number of rotatable bonds is 2. The van der Waals surface area contributed by atoms with Gasteiger partial charge in [0.2, 0.25) is 0 Å². The maximum atomic E-state index is 8.92. The van der Waals surface area contributed by atoms with Crippen LogP contribution in [0.1, 0.15) is 16.8 Å². The Kier molecular flexibility index (Phi) is 2.49. The van der Waals surface area contributed by atoms with E-state index in [-0.39, 0.29) is 6.61 Å². The first-order valence-electron chi connectivity index (χ1n) is 5.62. The molecule has 4 heteroatoms. The van der Waals surface area contributed by atoms with Crippen LogP contribution in [0.5, 0.6) is 0 Å². The van der Waals surface area contributed by atoms with E-state index in [4.69, 9.17) is 5.11 Å². The molecule has 1 aromatic heterocycles. The zero-order chi connectivity index (χ0) is 11.7. The lowest BCUT2D eigenvalue weighted by atomic mass is 10.1. The van der Waals surface area contributed by atoms with E-state index in [0.29, 0.717) is 5.69 Å². The second-order valence-electron chi connectivity index (χ2n) is 4.17. The summed E-state index contributed by atoms with van der Waals surface area (Å²) in [5, 5.41) is 17.0. The van der Waals surface area contributed by atoms with Crippen LogP contribution in [0.3, 0.4) is 0 Å². The summed E-state index contributed by atoms with van der Waals surface area (Å²) >= 11 is 0. The Labute approximate surface area is 99.5 Å². The Hall–Kier alpha value is -1.94. The first-order chi connectivity index (χ1) is 8.36. The second-order valence-corrected chi connectivity index (χ2v) is 4.17. The summed E-state index contributed by atoms with van der Waals surface area (Å²) in [4.78, 5) is 2.18. The number of hydrogen-bond acceptors (Lipinski definition) is 4. The zero-order valence-electron chi connectivity index (χ0n) is 9.37. The van der Waals surface area contributed by atoms with Gasteiger partial charge in [-0.25, -0.2) is 0 Å². The van der Waals surface area contributed by atoms with Crippen molar-refractivity contribution in [2.24, 2.45) is 0 Å². The molecule has 2 heterocycles. The van der Waals surface area contributed by atoms with Gasteiger partial charge < -0.3 is 10.0 Å². The highest BCUT2D eigenvalue weighted by atomic mass is 16.3. The molecule has 0 bridgehead atoms. The molecular formula is C13H13N3O. The van der Waals surface area contributed by atoms with E-state index in [9.17, 15) is 0 Å². The molecular weight excluding hydrogens is 214 g/mol. The Morgan fingerprint density at radius 2 is 1.71 bits per heavy atom. The number of hydrogen-bond donors (Lipinski definition) is 1. The van der Waals surface area contributed by atoms with Crippen LogP contribution in [-0.4, -0.2) is 15.3 Å². The molecule has 17 heavy (non-hydrogen) atoms. The molecule has 0 aliphatic carbocycles. The van der Waals surface area contributed by atoms with Crippen LogP contribution in [0.25, 0.3) is 0 Å². The molecule has 0 spiro atoms. The molecule has 86 valence electrons. The van der Waals surface area contributed by atoms with Crippen molar-refractivity contribution in [1.82, 2.24) is 10.2 Å². The van der Waals surface area contributed by atoms with Crippen LogP contribution in [0.2, 0.25) is 0 Å². The van der Waals surface area contributed by atoms with Crippen molar-refractivity contribution in [1.29, 1.82) is 0 Å². The maximum Gasteiger partial charge on any atom is 0.151 e. The molecule has 3 rings (SSSR count). The monoisotopic (exact) mass is 227 g/mol. The number of aliphatic hydroxyl groups excluding tert-OH is 1. The van der Waals surface area contributed by atoms with E-state index in [0.717, 1.165) is 18.9 Å². The normalized spacial score (nSPS) is 13.8. The molecule has 0 unspecified atom stereocenters. The molecule has 4 nitrogen and oxygen atoms in total. The standard InChI is InChI=1S/C13H13N3O/c17-9-12-5-6-13(15-14-12)16-7-10-3-1-2-4-11(10)8-16/h1-6,17H,7-9H2. The summed E-state index contributed by atoms with van der Waals surface area (Å²) < 4.78 is 0. The van der Waals surface area contributed by atoms with Crippen molar-refractivity contribution in [3.8, 4) is 0 Å². The van der Waals surface area contributed by atoms with Crippen LogP contribution in [0.15, 0.2) is 36.4 Å². The Morgan fingerprint density at radius 3 is 2.24 bits per heavy atom. The predicted molar refractivity (Wildman–Crippen MR) is 64.3 cm³/mol. The van der Waals surface area contributed by atoms with Crippen LogP contribution in [-0.2, 0) is 19.7 Å². The molecule has 1 aliphatic heterocycles. The van der Waals surface area contributed by atoms with Crippen LogP contribution in [0, 0.1) is 0 Å². The third-order valence-electron chi connectivity index (χ3n) is 3.03. The van der Waals surface area contributed by atoms with Gasteiger partial charge in [0.25, 0.3) is 0 Å². The highest BCUT2D eigenvalue weighted by Gasteiger charge is 2.19. The first kappa shape index (κ1) is 10.2. The molecule has 0 atom stereocenters. The molecule has 2 aromatic rings. The van der Waals surface area contributed by atoms with Crippen molar-refractivity contribution in [3.63, 3.8) is 0 Å². The summed E-state index contributed by atoms with van der Waals surface area (Å²) in [6.45, 7) is 1.69. The van der Waals surface area contributed by atoms with Crippen molar-refractivity contribution in [2.45, 2.75) is 19.7 Å². The van der Waals surface area contributed by atoms with Crippen molar-refractivity contribution < 1.29 is 5.11 Å². The molecule has 0 fully saturated rings. The van der Waals surface area contributed by atoms with Gasteiger partial charge in [-0.1, -0.05) is 24.3 Å². The van der Waals surface area contributed by atoms with Gasteiger partial charge in [0, 0.05) is 13.1 Å². The van der Waals surface area contributed by atoms with Crippen molar-refractivity contribution in [2.75, 3.05) is 4.90 Å². The highest BCUT2D eigenvalue weighted by Crippen LogP contribution is 2.26. The van der Waals surface area contributed by atoms with Gasteiger partial charge in [-0.05, 0) is 23.3 Å². The third-order valence-corrected chi connectivity index (χ3v) is 3.03.